The van der Waals surface area contributed by atoms with Gasteiger partial charge in [-0.05, 0) is 37.6 Å². The fourth-order valence-electron chi connectivity index (χ4n) is 2.15. The lowest BCUT2D eigenvalue weighted by Gasteiger charge is -2.09. The molecule has 6 nitrogen and oxygen atoms in total. The molecule has 3 rings (SSSR count). The SMILES string of the molecule is Cc1cn2cccc(OCC(=O)Nc3ncccc3C)c2n1. The number of ether oxygens (including phenoxy) is 1. The van der Waals surface area contributed by atoms with E-state index in [1.165, 1.54) is 0 Å². The third-order valence-corrected chi connectivity index (χ3v) is 3.19. The normalized spacial score (nSPS) is 10.6. The Morgan fingerprint density at radius 2 is 2.18 bits per heavy atom. The zero-order valence-electron chi connectivity index (χ0n) is 12.4. The zero-order chi connectivity index (χ0) is 15.5. The van der Waals surface area contributed by atoms with Gasteiger partial charge in [-0.2, -0.15) is 0 Å². The van der Waals surface area contributed by atoms with E-state index in [-0.39, 0.29) is 12.5 Å². The van der Waals surface area contributed by atoms with Gasteiger partial charge in [0, 0.05) is 18.6 Å². The summed E-state index contributed by atoms with van der Waals surface area (Å²) in [6.45, 7) is 3.70. The van der Waals surface area contributed by atoms with Crippen LogP contribution in [0.5, 0.6) is 5.75 Å². The van der Waals surface area contributed by atoms with Gasteiger partial charge in [-0.15, -0.1) is 0 Å². The third kappa shape index (κ3) is 2.90. The molecule has 0 atom stereocenters. The number of pyridine rings is 2. The van der Waals surface area contributed by atoms with Crippen LogP contribution in [0.1, 0.15) is 11.3 Å². The molecule has 0 saturated carbocycles. The molecule has 1 N–H and O–H groups in total. The van der Waals surface area contributed by atoms with Crippen LogP contribution in [0, 0.1) is 13.8 Å². The molecule has 0 aliphatic carbocycles. The van der Waals surface area contributed by atoms with Crippen LogP contribution in [0.4, 0.5) is 5.82 Å². The van der Waals surface area contributed by atoms with Crippen molar-refractivity contribution in [1.29, 1.82) is 0 Å². The maximum Gasteiger partial charge on any atom is 0.263 e. The van der Waals surface area contributed by atoms with Gasteiger partial charge in [0.1, 0.15) is 5.82 Å². The number of amides is 1. The third-order valence-electron chi connectivity index (χ3n) is 3.19. The minimum absolute atomic E-state index is 0.0956. The maximum atomic E-state index is 12.0. The highest BCUT2D eigenvalue weighted by molar-refractivity contribution is 5.91. The second-order valence-electron chi connectivity index (χ2n) is 4.99. The highest BCUT2D eigenvalue weighted by atomic mass is 16.5. The van der Waals surface area contributed by atoms with Gasteiger partial charge in [0.05, 0.1) is 5.69 Å². The van der Waals surface area contributed by atoms with Crippen molar-refractivity contribution in [3.05, 3.63) is 54.1 Å². The molecule has 22 heavy (non-hydrogen) atoms. The number of aryl methyl sites for hydroxylation is 2. The molecule has 0 aliphatic rings. The number of carbonyl (C=O) groups is 1. The number of imidazole rings is 1. The molecular weight excluding hydrogens is 280 g/mol. The van der Waals surface area contributed by atoms with Crippen molar-refractivity contribution in [2.45, 2.75) is 13.8 Å². The Bertz CT molecular complexity index is 826. The van der Waals surface area contributed by atoms with Gasteiger partial charge in [-0.25, -0.2) is 9.97 Å². The highest BCUT2D eigenvalue weighted by Gasteiger charge is 2.09. The standard InChI is InChI=1S/C16H16N4O2/c1-11-5-3-7-17-15(11)19-14(21)10-22-13-6-4-8-20-9-12(2)18-16(13)20/h3-9H,10H2,1-2H3,(H,17,19,21). The predicted molar refractivity (Wildman–Crippen MR) is 83.0 cm³/mol. The molecule has 0 bridgehead atoms. The van der Waals surface area contributed by atoms with Crippen molar-refractivity contribution in [3.8, 4) is 5.75 Å². The molecule has 0 fully saturated rings. The van der Waals surface area contributed by atoms with Crippen molar-refractivity contribution >= 4 is 17.4 Å². The summed E-state index contributed by atoms with van der Waals surface area (Å²) in [5.74, 6) is 0.863. The summed E-state index contributed by atoms with van der Waals surface area (Å²) in [7, 11) is 0. The lowest BCUT2D eigenvalue weighted by molar-refractivity contribution is -0.118. The van der Waals surface area contributed by atoms with Crippen molar-refractivity contribution in [3.63, 3.8) is 0 Å². The van der Waals surface area contributed by atoms with Gasteiger partial charge in [-0.1, -0.05) is 6.07 Å². The Kier molecular flexibility index (Phi) is 3.74. The summed E-state index contributed by atoms with van der Waals surface area (Å²) in [5.41, 5.74) is 2.49. The molecule has 0 spiro atoms. The van der Waals surface area contributed by atoms with E-state index < -0.39 is 0 Å². The van der Waals surface area contributed by atoms with Crippen LogP contribution in [0.3, 0.4) is 0 Å². The number of aromatic nitrogens is 3. The number of fused-ring (bicyclic) bond motifs is 1. The maximum absolute atomic E-state index is 12.0. The van der Waals surface area contributed by atoms with Crippen LogP contribution in [0.2, 0.25) is 0 Å². The van der Waals surface area contributed by atoms with Gasteiger partial charge in [0.2, 0.25) is 0 Å². The first kappa shape index (κ1) is 14.1. The summed E-state index contributed by atoms with van der Waals surface area (Å²) in [6, 6.07) is 7.35. The number of hydrogen-bond donors (Lipinski definition) is 1. The Labute approximate surface area is 127 Å². The topological polar surface area (TPSA) is 68.5 Å². The van der Waals surface area contributed by atoms with E-state index in [0.29, 0.717) is 17.2 Å². The van der Waals surface area contributed by atoms with Crippen molar-refractivity contribution in [1.82, 2.24) is 14.4 Å². The van der Waals surface area contributed by atoms with Gasteiger partial charge < -0.3 is 14.5 Å². The molecule has 6 heteroatoms. The molecule has 0 radical (unpaired) electrons. The average Bonchev–Trinajstić information content (AvgIpc) is 2.88. The molecule has 1 amide bonds. The quantitative estimate of drug-likeness (QED) is 0.802. The first-order valence-corrected chi connectivity index (χ1v) is 6.92. The first-order chi connectivity index (χ1) is 10.6. The van der Waals surface area contributed by atoms with Crippen LogP contribution in [-0.2, 0) is 4.79 Å². The van der Waals surface area contributed by atoms with Gasteiger partial charge in [0.15, 0.2) is 18.0 Å². The zero-order valence-corrected chi connectivity index (χ0v) is 12.4. The van der Waals surface area contributed by atoms with Crippen molar-refractivity contribution in [2.24, 2.45) is 0 Å². The predicted octanol–water partition coefficient (Wildman–Crippen LogP) is 2.36. The van der Waals surface area contributed by atoms with E-state index in [1.54, 1.807) is 12.3 Å². The first-order valence-electron chi connectivity index (χ1n) is 6.92. The van der Waals surface area contributed by atoms with Crippen LogP contribution < -0.4 is 10.1 Å². The fraction of sp³-hybridized carbons (Fsp3) is 0.188. The van der Waals surface area contributed by atoms with E-state index >= 15 is 0 Å². The summed E-state index contributed by atoms with van der Waals surface area (Å²) in [5, 5.41) is 2.73. The molecule has 3 heterocycles. The largest absolute Gasteiger partial charge is 0.480 e. The monoisotopic (exact) mass is 296 g/mol. The van der Waals surface area contributed by atoms with E-state index in [9.17, 15) is 4.79 Å². The Morgan fingerprint density at radius 3 is 3.00 bits per heavy atom. The van der Waals surface area contributed by atoms with Gasteiger partial charge >= 0.3 is 0 Å². The second kappa shape index (κ2) is 5.85. The Morgan fingerprint density at radius 1 is 1.32 bits per heavy atom. The molecule has 0 unspecified atom stereocenters. The van der Waals surface area contributed by atoms with Gasteiger partial charge in [-0.3, -0.25) is 4.79 Å². The number of nitrogens with one attached hydrogen (secondary N) is 1. The second-order valence-corrected chi connectivity index (χ2v) is 4.99. The highest BCUT2D eigenvalue weighted by Crippen LogP contribution is 2.18. The smallest absolute Gasteiger partial charge is 0.263 e. The van der Waals surface area contributed by atoms with E-state index in [4.69, 9.17) is 4.74 Å². The number of rotatable bonds is 4. The number of carbonyl (C=O) groups excluding carboxylic acids is 1. The van der Waals surface area contributed by atoms with Crippen LogP contribution >= 0.6 is 0 Å². The summed E-state index contributed by atoms with van der Waals surface area (Å²) >= 11 is 0. The van der Waals surface area contributed by atoms with Crippen molar-refractivity contribution in [2.75, 3.05) is 11.9 Å². The lowest BCUT2D eigenvalue weighted by Crippen LogP contribution is -2.21. The Balaban J connectivity index is 1.69. The number of nitrogens with zero attached hydrogens (tertiary/aromatic N) is 3. The summed E-state index contributed by atoms with van der Waals surface area (Å²) < 4.78 is 7.45. The molecule has 3 aromatic rings. The minimum Gasteiger partial charge on any atom is -0.480 e. The lowest BCUT2D eigenvalue weighted by atomic mass is 10.3. The van der Waals surface area contributed by atoms with Crippen LogP contribution in [-0.4, -0.2) is 26.9 Å². The van der Waals surface area contributed by atoms with Crippen LogP contribution in [0.15, 0.2) is 42.9 Å². The molecular formula is C16H16N4O2. The molecule has 0 aromatic carbocycles. The molecule has 0 aliphatic heterocycles. The van der Waals surface area contributed by atoms with Crippen molar-refractivity contribution < 1.29 is 9.53 Å². The number of anilines is 1. The number of hydrogen-bond acceptors (Lipinski definition) is 4. The Hall–Kier alpha value is -2.89. The molecule has 3 aromatic heterocycles. The van der Waals surface area contributed by atoms with E-state index in [0.717, 1.165) is 11.3 Å². The van der Waals surface area contributed by atoms with Crippen LogP contribution in [0.25, 0.3) is 5.65 Å². The summed E-state index contributed by atoms with van der Waals surface area (Å²) in [4.78, 5) is 20.5. The molecule has 112 valence electrons. The molecule has 0 saturated heterocycles. The van der Waals surface area contributed by atoms with E-state index in [2.05, 4.69) is 15.3 Å². The van der Waals surface area contributed by atoms with Gasteiger partial charge in [0.25, 0.3) is 5.91 Å². The fourth-order valence-corrected chi connectivity index (χ4v) is 2.15. The van der Waals surface area contributed by atoms with E-state index in [1.807, 2.05) is 48.8 Å². The summed E-state index contributed by atoms with van der Waals surface area (Å²) in [6.07, 6.45) is 5.43. The minimum atomic E-state index is -0.257. The average molecular weight is 296 g/mol.